The molecule has 4 nitrogen and oxygen atoms in total. The van der Waals surface area contributed by atoms with Crippen molar-refractivity contribution in [2.24, 2.45) is 0 Å². The van der Waals surface area contributed by atoms with Crippen LogP contribution < -0.4 is 0 Å². The molecule has 0 aliphatic heterocycles. The van der Waals surface area contributed by atoms with E-state index >= 15 is 0 Å². The van der Waals surface area contributed by atoms with Crippen molar-refractivity contribution in [3.05, 3.63) is 0 Å². The first-order chi connectivity index (χ1) is 6.09. The average Bonchev–Trinajstić information content (AvgIpc) is 1.97. The van der Waals surface area contributed by atoms with Gasteiger partial charge in [0.1, 0.15) is 11.4 Å². The number of ether oxygens (including phenoxy) is 1. The van der Waals surface area contributed by atoms with Gasteiger partial charge < -0.3 is 4.74 Å². The Balaban J connectivity index is 4.54. The summed E-state index contributed by atoms with van der Waals surface area (Å²) in [5, 5.41) is 0. The molecule has 0 saturated heterocycles. The van der Waals surface area contributed by atoms with Gasteiger partial charge >= 0.3 is 0 Å². The molecule has 0 spiro atoms. The molecular formula is C9H18O4S. The maximum atomic E-state index is 11.5. The Morgan fingerprint density at radius 1 is 1.36 bits per heavy atom. The molecule has 0 radical (unpaired) electrons. The fraction of sp³-hybridized carbons (Fsp3) is 0.889. The summed E-state index contributed by atoms with van der Waals surface area (Å²) >= 11 is 0. The zero-order chi connectivity index (χ0) is 11.6. The third-order valence-electron chi connectivity index (χ3n) is 2.15. The van der Waals surface area contributed by atoms with Crippen LogP contribution in [0.25, 0.3) is 0 Å². The predicted molar refractivity (Wildman–Crippen MR) is 55.0 cm³/mol. The zero-order valence-corrected chi connectivity index (χ0v) is 10.1. The largest absolute Gasteiger partial charge is 0.371 e. The van der Waals surface area contributed by atoms with Gasteiger partial charge in [0.25, 0.3) is 0 Å². The fourth-order valence-electron chi connectivity index (χ4n) is 0.623. The number of hydrogen-bond acceptors (Lipinski definition) is 4. The van der Waals surface area contributed by atoms with Gasteiger partial charge in [0.15, 0.2) is 15.6 Å². The van der Waals surface area contributed by atoms with E-state index in [0.29, 0.717) is 0 Å². The smallest absolute Gasteiger partial charge is 0.179 e. The molecule has 0 aromatic heterocycles. The summed E-state index contributed by atoms with van der Waals surface area (Å²) in [7, 11) is -3.38. The summed E-state index contributed by atoms with van der Waals surface area (Å²) in [6.45, 7) is 6.22. The second-order valence-corrected chi connectivity index (χ2v) is 6.63. The van der Waals surface area contributed by atoms with Crippen LogP contribution in [0.1, 0.15) is 27.7 Å². The number of rotatable bonds is 5. The summed E-state index contributed by atoms with van der Waals surface area (Å²) in [6, 6.07) is 0. The molecule has 0 aromatic carbocycles. The Morgan fingerprint density at radius 2 is 1.79 bits per heavy atom. The van der Waals surface area contributed by atoms with E-state index in [0.717, 1.165) is 6.26 Å². The molecule has 14 heavy (non-hydrogen) atoms. The van der Waals surface area contributed by atoms with Crippen molar-refractivity contribution in [2.45, 2.75) is 38.5 Å². The number of sulfone groups is 1. The second kappa shape index (κ2) is 4.40. The third-order valence-corrected chi connectivity index (χ3v) is 4.23. The van der Waals surface area contributed by atoms with E-state index in [4.69, 9.17) is 4.74 Å². The molecule has 0 unspecified atom stereocenters. The van der Waals surface area contributed by atoms with E-state index in [2.05, 4.69) is 0 Å². The molecule has 0 aromatic rings. The van der Waals surface area contributed by atoms with Gasteiger partial charge in [0.05, 0.1) is 6.10 Å². The fourth-order valence-corrected chi connectivity index (χ4v) is 1.10. The van der Waals surface area contributed by atoms with Crippen molar-refractivity contribution in [3.8, 4) is 0 Å². The molecule has 5 heteroatoms. The van der Waals surface area contributed by atoms with E-state index in [1.54, 1.807) is 13.8 Å². The van der Waals surface area contributed by atoms with Crippen molar-refractivity contribution in [3.63, 3.8) is 0 Å². The molecular weight excluding hydrogens is 204 g/mol. The van der Waals surface area contributed by atoms with Crippen molar-refractivity contribution in [1.82, 2.24) is 0 Å². The molecule has 0 fully saturated rings. The lowest BCUT2D eigenvalue weighted by atomic mass is 10.1. The van der Waals surface area contributed by atoms with Crippen LogP contribution in [0, 0.1) is 0 Å². The average molecular weight is 222 g/mol. The van der Waals surface area contributed by atoms with Crippen LogP contribution in [-0.4, -0.2) is 37.9 Å². The Morgan fingerprint density at radius 3 is 2.07 bits per heavy atom. The van der Waals surface area contributed by atoms with E-state index in [1.165, 1.54) is 13.8 Å². The predicted octanol–water partition coefficient (Wildman–Crippen LogP) is 0.804. The van der Waals surface area contributed by atoms with E-state index in [1.807, 2.05) is 0 Å². The number of carbonyl (C=O) groups is 1. The molecule has 0 heterocycles. The van der Waals surface area contributed by atoms with Gasteiger partial charge in [0.2, 0.25) is 0 Å². The molecule has 0 rings (SSSR count). The van der Waals surface area contributed by atoms with E-state index in [9.17, 15) is 13.2 Å². The summed E-state index contributed by atoms with van der Waals surface area (Å²) < 4.78 is 26.2. The third kappa shape index (κ3) is 3.38. The standard InChI is InChI=1S/C9H18O4S/c1-7(2)13-6-8(10)9(3,4)14(5,11)12/h7H,6H2,1-5H3. The normalized spacial score (nSPS) is 13.3. The quantitative estimate of drug-likeness (QED) is 0.690. The van der Waals surface area contributed by atoms with Gasteiger partial charge in [0, 0.05) is 6.26 Å². The molecule has 0 atom stereocenters. The van der Waals surface area contributed by atoms with Gasteiger partial charge in [-0.1, -0.05) is 0 Å². The monoisotopic (exact) mass is 222 g/mol. The lowest BCUT2D eigenvalue weighted by molar-refractivity contribution is -0.126. The maximum absolute atomic E-state index is 11.5. The highest BCUT2D eigenvalue weighted by Crippen LogP contribution is 2.16. The number of Topliss-reactive ketones (excluding diaryl/α,β-unsaturated/α-hetero) is 1. The molecule has 0 aliphatic carbocycles. The van der Waals surface area contributed by atoms with Gasteiger partial charge in [-0.3, -0.25) is 4.79 Å². The second-order valence-electron chi connectivity index (χ2n) is 4.07. The number of ketones is 1. The first-order valence-electron chi connectivity index (χ1n) is 4.43. The van der Waals surface area contributed by atoms with Crippen LogP contribution in [0.2, 0.25) is 0 Å². The first-order valence-corrected chi connectivity index (χ1v) is 6.32. The summed E-state index contributed by atoms with van der Waals surface area (Å²) in [4.78, 5) is 11.5. The highest BCUT2D eigenvalue weighted by molar-refractivity contribution is 7.92. The molecule has 0 amide bonds. The minimum atomic E-state index is -3.38. The summed E-state index contributed by atoms with van der Waals surface area (Å²) in [5.41, 5.74) is 0. The van der Waals surface area contributed by atoms with Crippen LogP contribution in [0.15, 0.2) is 0 Å². The number of hydrogen-bond donors (Lipinski definition) is 0. The van der Waals surface area contributed by atoms with Gasteiger partial charge in [-0.05, 0) is 27.7 Å². The van der Waals surface area contributed by atoms with Crippen molar-refractivity contribution in [2.75, 3.05) is 12.9 Å². The molecule has 0 saturated carbocycles. The SMILES string of the molecule is CC(C)OCC(=O)C(C)(C)S(C)(=O)=O. The van der Waals surface area contributed by atoms with Crippen molar-refractivity contribution in [1.29, 1.82) is 0 Å². The van der Waals surface area contributed by atoms with Crippen LogP contribution in [0.5, 0.6) is 0 Å². The lowest BCUT2D eigenvalue weighted by Crippen LogP contribution is -2.42. The topological polar surface area (TPSA) is 60.4 Å². The van der Waals surface area contributed by atoms with Crippen LogP contribution in [0.4, 0.5) is 0 Å². The zero-order valence-electron chi connectivity index (χ0n) is 9.33. The summed E-state index contributed by atoms with van der Waals surface area (Å²) in [5.74, 6) is -0.409. The Kier molecular flexibility index (Phi) is 4.27. The highest BCUT2D eigenvalue weighted by atomic mass is 32.2. The van der Waals surface area contributed by atoms with Crippen molar-refractivity contribution >= 4 is 15.6 Å². The van der Waals surface area contributed by atoms with Gasteiger partial charge in [-0.25, -0.2) is 8.42 Å². The van der Waals surface area contributed by atoms with Crippen LogP contribution in [-0.2, 0) is 19.4 Å². The van der Waals surface area contributed by atoms with Crippen LogP contribution in [0.3, 0.4) is 0 Å². The Hall–Kier alpha value is -0.420. The van der Waals surface area contributed by atoms with Gasteiger partial charge in [-0.15, -0.1) is 0 Å². The Bertz CT molecular complexity index is 301. The molecule has 84 valence electrons. The molecule has 0 bridgehead atoms. The van der Waals surface area contributed by atoms with E-state index in [-0.39, 0.29) is 12.7 Å². The minimum absolute atomic E-state index is 0.0747. The van der Waals surface area contributed by atoms with Crippen molar-refractivity contribution < 1.29 is 17.9 Å². The first kappa shape index (κ1) is 13.6. The van der Waals surface area contributed by atoms with Crippen LogP contribution >= 0.6 is 0 Å². The van der Waals surface area contributed by atoms with Gasteiger partial charge in [-0.2, -0.15) is 0 Å². The lowest BCUT2D eigenvalue weighted by Gasteiger charge is -2.21. The highest BCUT2D eigenvalue weighted by Gasteiger charge is 2.37. The maximum Gasteiger partial charge on any atom is 0.179 e. The minimum Gasteiger partial charge on any atom is -0.371 e. The van der Waals surface area contributed by atoms with E-state index < -0.39 is 20.4 Å². The molecule has 0 aliphatic rings. The summed E-state index contributed by atoms with van der Waals surface area (Å²) in [6.07, 6.45) is 0.981. The Labute approximate surface area is 85.6 Å². The number of carbonyl (C=O) groups excluding carboxylic acids is 1. The molecule has 0 N–H and O–H groups in total.